The number of anilines is 4. The molecule has 4 aromatic carbocycles. The van der Waals surface area contributed by atoms with Gasteiger partial charge in [-0.05, 0) is 127 Å². The molecule has 5 rings (SSSR count). The number of aryl methyl sites for hydroxylation is 5. The van der Waals surface area contributed by atoms with E-state index in [0.29, 0.717) is 0 Å². The molecule has 0 bridgehead atoms. The van der Waals surface area contributed by atoms with E-state index in [1.807, 2.05) is 0 Å². The Hall–Kier alpha value is -4.04. The number of benzene rings is 4. The Labute approximate surface area is 298 Å². The topological polar surface area (TPSA) is 6.48 Å². The fourth-order valence-corrected chi connectivity index (χ4v) is 7.18. The highest BCUT2D eigenvalue weighted by molar-refractivity contribution is 5.77. The predicted octanol–water partition coefficient (Wildman–Crippen LogP) is 13.3. The quantitative estimate of drug-likeness (QED) is 0.204. The van der Waals surface area contributed by atoms with Gasteiger partial charge < -0.3 is 9.80 Å². The van der Waals surface area contributed by atoms with E-state index < -0.39 is 0 Å². The summed E-state index contributed by atoms with van der Waals surface area (Å²) in [5, 5.41) is 0. The molecule has 2 nitrogen and oxygen atoms in total. The van der Waals surface area contributed by atoms with Crippen LogP contribution in [0.25, 0.3) is 0 Å². The van der Waals surface area contributed by atoms with Gasteiger partial charge in [-0.25, -0.2) is 0 Å². The molecule has 1 unspecified atom stereocenters. The van der Waals surface area contributed by atoms with E-state index in [0.717, 1.165) is 6.42 Å². The number of hydrogen-bond donors (Lipinski definition) is 0. The van der Waals surface area contributed by atoms with Gasteiger partial charge in [0.05, 0.1) is 11.7 Å². The minimum absolute atomic E-state index is 0.0931. The fraction of sp³-hybridized carbons (Fsp3) is 0.404. The third-order valence-corrected chi connectivity index (χ3v) is 10.1. The van der Waals surface area contributed by atoms with Crippen molar-refractivity contribution in [3.8, 4) is 0 Å². The number of nitrogens with zero attached hydrogens (tertiary/aromatic N) is 2. The molecule has 0 saturated heterocycles. The average Bonchev–Trinajstić information content (AvgIpc) is 3.00. The van der Waals surface area contributed by atoms with Crippen molar-refractivity contribution in [1.82, 2.24) is 0 Å². The van der Waals surface area contributed by atoms with Gasteiger partial charge in [-0.3, -0.25) is 0 Å². The summed E-state index contributed by atoms with van der Waals surface area (Å²) in [7, 11) is 0. The second-order valence-electron chi connectivity index (χ2n) is 17.5. The first kappa shape index (κ1) is 36.2. The van der Waals surface area contributed by atoms with Gasteiger partial charge in [0.1, 0.15) is 0 Å². The van der Waals surface area contributed by atoms with Gasteiger partial charge in [-0.15, -0.1) is 0 Å². The van der Waals surface area contributed by atoms with Crippen LogP contribution >= 0.6 is 0 Å². The van der Waals surface area contributed by atoms with Gasteiger partial charge in [-0.1, -0.05) is 129 Å². The predicted molar refractivity (Wildman–Crippen MR) is 215 cm³/mol. The Morgan fingerprint density at radius 2 is 0.939 bits per heavy atom. The molecule has 49 heavy (non-hydrogen) atoms. The average molecular weight is 653 g/mol. The molecule has 0 fully saturated rings. The monoisotopic (exact) mass is 652 g/mol. The first-order valence-electron chi connectivity index (χ1n) is 18.1. The van der Waals surface area contributed by atoms with Crippen molar-refractivity contribution < 1.29 is 0 Å². The van der Waals surface area contributed by atoms with Gasteiger partial charge in [0.2, 0.25) is 0 Å². The van der Waals surface area contributed by atoms with Crippen LogP contribution in [-0.2, 0) is 16.2 Å². The Balaban J connectivity index is 1.61. The zero-order valence-corrected chi connectivity index (χ0v) is 32.8. The highest BCUT2D eigenvalue weighted by atomic mass is 15.2. The van der Waals surface area contributed by atoms with Crippen molar-refractivity contribution in [2.24, 2.45) is 0 Å². The summed E-state index contributed by atoms with van der Waals surface area (Å²) in [4.78, 5) is 5.05. The lowest BCUT2D eigenvalue weighted by Gasteiger charge is -2.38. The van der Waals surface area contributed by atoms with Gasteiger partial charge in [0.25, 0.3) is 0 Å². The standard InChI is InChI=1S/C47H60N2/c1-31-15-19-39(20-16-31)48(43-32(2)27-37(28-33(43)3)46(9,10)11)41-23-25-42(26-24-41)49(40-21-17-36(18-22-40)45(6,7)8)44-34(4)29-38(30-35(44)5)47(12,13)14/h15-25,27-30,42H,26H2,1-14H3. The van der Waals surface area contributed by atoms with Crippen LogP contribution in [0.3, 0.4) is 0 Å². The fourth-order valence-electron chi connectivity index (χ4n) is 7.18. The lowest BCUT2D eigenvalue weighted by molar-refractivity contribution is 0.588. The van der Waals surface area contributed by atoms with Crippen molar-refractivity contribution >= 4 is 22.7 Å². The minimum atomic E-state index is 0.0931. The van der Waals surface area contributed by atoms with Crippen molar-refractivity contribution in [2.75, 3.05) is 9.80 Å². The highest BCUT2D eigenvalue weighted by Crippen LogP contribution is 2.42. The van der Waals surface area contributed by atoms with Crippen molar-refractivity contribution in [3.05, 3.63) is 141 Å². The zero-order valence-electron chi connectivity index (χ0n) is 32.8. The number of allylic oxidation sites excluding steroid dienone is 1. The summed E-state index contributed by atoms with van der Waals surface area (Å²) in [6.45, 7) is 31.9. The molecule has 1 aliphatic carbocycles. The normalized spacial score (nSPS) is 15.3. The molecule has 2 heteroatoms. The SMILES string of the molecule is Cc1ccc(N(C2=CCC(N(c3ccc(C(C)(C)C)cc3)c3c(C)cc(C(C)(C)C)cc3C)C=C2)c2c(C)cc(C(C)(C)C)cc2C)cc1. The third-order valence-electron chi connectivity index (χ3n) is 10.1. The highest BCUT2D eigenvalue weighted by Gasteiger charge is 2.28. The van der Waals surface area contributed by atoms with Crippen LogP contribution in [-0.4, -0.2) is 6.04 Å². The summed E-state index contributed by atoms with van der Waals surface area (Å²) in [5.74, 6) is 0. The Morgan fingerprint density at radius 1 is 0.510 bits per heavy atom. The van der Waals surface area contributed by atoms with Crippen LogP contribution in [0, 0.1) is 34.6 Å². The smallest absolute Gasteiger partial charge is 0.0561 e. The third kappa shape index (κ3) is 7.75. The molecular formula is C47H60N2. The van der Waals surface area contributed by atoms with E-state index in [9.17, 15) is 0 Å². The summed E-state index contributed by atoms with van der Waals surface area (Å²) in [5.41, 5.74) is 17.1. The maximum Gasteiger partial charge on any atom is 0.0561 e. The second kappa shape index (κ2) is 13.3. The Kier molecular flexibility index (Phi) is 9.87. The van der Waals surface area contributed by atoms with E-state index in [1.165, 1.54) is 73.0 Å². The van der Waals surface area contributed by atoms with Gasteiger partial charge in [0.15, 0.2) is 0 Å². The molecule has 0 saturated carbocycles. The largest absolute Gasteiger partial charge is 0.334 e. The lowest BCUT2D eigenvalue weighted by atomic mass is 9.84. The summed E-state index contributed by atoms with van der Waals surface area (Å²) >= 11 is 0. The molecule has 258 valence electrons. The lowest BCUT2D eigenvalue weighted by Crippen LogP contribution is -2.33. The van der Waals surface area contributed by atoms with Crippen LogP contribution in [0.1, 0.15) is 113 Å². The summed E-state index contributed by atoms with van der Waals surface area (Å²) < 4.78 is 0. The Bertz CT molecular complexity index is 1820. The molecule has 0 radical (unpaired) electrons. The van der Waals surface area contributed by atoms with Crippen molar-refractivity contribution in [3.63, 3.8) is 0 Å². The second-order valence-corrected chi connectivity index (χ2v) is 17.5. The van der Waals surface area contributed by atoms with E-state index >= 15 is 0 Å². The first-order chi connectivity index (χ1) is 22.8. The zero-order chi connectivity index (χ0) is 36.1. The van der Waals surface area contributed by atoms with Crippen LogP contribution < -0.4 is 9.80 Å². The van der Waals surface area contributed by atoms with Gasteiger partial charge in [0, 0.05) is 22.8 Å². The maximum atomic E-state index is 2.58. The first-order valence-corrected chi connectivity index (χ1v) is 18.1. The maximum absolute atomic E-state index is 2.58. The molecule has 0 N–H and O–H groups in total. The van der Waals surface area contributed by atoms with E-state index in [4.69, 9.17) is 0 Å². The van der Waals surface area contributed by atoms with Crippen LogP contribution in [0.4, 0.5) is 22.7 Å². The van der Waals surface area contributed by atoms with Crippen LogP contribution in [0.2, 0.25) is 0 Å². The molecule has 0 aliphatic heterocycles. The van der Waals surface area contributed by atoms with Crippen LogP contribution in [0.5, 0.6) is 0 Å². The minimum Gasteiger partial charge on any atom is -0.334 e. The number of rotatable bonds is 6. The Morgan fingerprint density at radius 3 is 1.35 bits per heavy atom. The molecule has 0 amide bonds. The van der Waals surface area contributed by atoms with Gasteiger partial charge >= 0.3 is 0 Å². The molecule has 1 aliphatic rings. The molecule has 0 aromatic heterocycles. The molecule has 1 atom stereocenters. The molecular weight excluding hydrogens is 593 g/mol. The summed E-state index contributed by atoms with van der Waals surface area (Å²) in [6.07, 6.45) is 8.13. The molecule has 4 aromatic rings. The van der Waals surface area contributed by atoms with Crippen molar-refractivity contribution in [2.45, 2.75) is 126 Å². The van der Waals surface area contributed by atoms with E-state index in [2.05, 4.69) is 198 Å². The molecule has 0 heterocycles. The van der Waals surface area contributed by atoms with Crippen LogP contribution in [0.15, 0.2) is 96.7 Å². The van der Waals surface area contributed by atoms with Crippen molar-refractivity contribution in [1.29, 1.82) is 0 Å². The molecule has 0 spiro atoms. The van der Waals surface area contributed by atoms with E-state index in [-0.39, 0.29) is 22.3 Å². The van der Waals surface area contributed by atoms with Gasteiger partial charge in [-0.2, -0.15) is 0 Å². The summed E-state index contributed by atoms with van der Waals surface area (Å²) in [6, 6.07) is 28.0. The van der Waals surface area contributed by atoms with E-state index in [1.54, 1.807) is 0 Å². The number of hydrogen-bond acceptors (Lipinski definition) is 2.